The van der Waals surface area contributed by atoms with Crippen molar-refractivity contribution in [3.8, 4) is 5.75 Å². The van der Waals surface area contributed by atoms with Gasteiger partial charge in [0.25, 0.3) is 0 Å². The molecule has 21 heavy (non-hydrogen) atoms. The molecule has 0 aliphatic carbocycles. The summed E-state index contributed by atoms with van der Waals surface area (Å²) in [5, 5.41) is 3.10. The third-order valence-corrected chi connectivity index (χ3v) is 2.81. The highest BCUT2D eigenvalue weighted by atomic mass is 19.4. The minimum absolute atomic E-state index is 0.132. The van der Waals surface area contributed by atoms with Crippen molar-refractivity contribution in [3.05, 3.63) is 29.3 Å². The van der Waals surface area contributed by atoms with Gasteiger partial charge in [-0.2, -0.15) is 13.2 Å². The first-order valence-electron chi connectivity index (χ1n) is 6.90. The minimum atomic E-state index is -4.43. The zero-order chi connectivity index (χ0) is 15.9. The highest BCUT2D eigenvalue weighted by molar-refractivity contribution is 5.39. The predicted octanol–water partition coefficient (Wildman–Crippen LogP) is 3.62. The molecule has 0 saturated carbocycles. The van der Waals surface area contributed by atoms with Crippen LogP contribution in [0.5, 0.6) is 5.75 Å². The molecule has 0 unspecified atom stereocenters. The van der Waals surface area contributed by atoms with Gasteiger partial charge in [-0.15, -0.1) is 0 Å². The molecule has 0 heterocycles. The number of alkyl halides is 3. The van der Waals surface area contributed by atoms with Crippen LogP contribution in [-0.2, 0) is 17.5 Å². The second kappa shape index (κ2) is 8.24. The van der Waals surface area contributed by atoms with Crippen molar-refractivity contribution in [3.63, 3.8) is 0 Å². The van der Waals surface area contributed by atoms with Gasteiger partial charge in [-0.3, -0.25) is 0 Å². The van der Waals surface area contributed by atoms with E-state index < -0.39 is 11.7 Å². The average Bonchev–Trinajstić information content (AvgIpc) is 2.41. The summed E-state index contributed by atoms with van der Waals surface area (Å²) in [7, 11) is 1.54. The molecular weight excluding hydrogens is 283 g/mol. The highest BCUT2D eigenvalue weighted by Gasteiger charge is 2.34. The Morgan fingerprint density at radius 3 is 2.48 bits per heavy atom. The van der Waals surface area contributed by atoms with Crippen LogP contribution in [0.2, 0.25) is 0 Å². The van der Waals surface area contributed by atoms with Crippen LogP contribution in [0, 0.1) is 0 Å². The number of hydrogen-bond acceptors (Lipinski definition) is 3. The molecule has 1 rings (SSSR count). The largest absolute Gasteiger partial charge is 0.493 e. The van der Waals surface area contributed by atoms with Crippen molar-refractivity contribution in [2.75, 3.05) is 20.3 Å². The van der Waals surface area contributed by atoms with Gasteiger partial charge in [-0.25, -0.2) is 0 Å². The number of ether oxygens (including phenoxy) is 2. The minimum Gasteiger partial charge on any atom is -0.493 e. The summed E-state index contributed by atoms with van der Waals surface area (Å²) in [6.45, 7) is 4.93. The van der Waals surface area contributed by atoms with Crippen molar-refractivity contribution in [2.24, 2.45) is 0 Å². The lowest BCUT2D eigenvalue weighted by molar-refractivity contribution is -0.139. The van der Waals surface area contributed by atoms with E-state index in [4.69, 9.17) is 9.47 Å². The van der Waals surface area contributed by atoms with Gasteiger partial charge in [0.2, 0.25) is 0 Å². The van der Waals surface area contributed by atoms with Crippen LogP contribution in [0.3, 0.4) is 0 Å². The molecule has 0 aliphatic heterocycles. The van der Waals surface area contributed by atoms with E-state index >= 15 is 0 Å². The first-order chi connectivity index (χ1) is 9.84. The van der Waals surface area contributed by atoms with Crippen LogP contribution in [0.25, 0.3) is 0 Å². The SMILES string of the molecule is COCCCOc1ccc(CNC(C)C)cc1C(F)(F)F. The van der Waals surface area contributed by atoms with Gasteiger partial charge in [0.15, 0.2) is 0 Å². The van der Waals surface area contributed by atoms with Crippen LogP contribution in [0.4, 0.5) is 13.2 Å². The summed E-state index contributed by atoms with van der Waals surface area (Å²) in [6.07, 6.45) is -3.88. The number of methoxy groups -OCH3 is 1. The second-order valence-electron chi connectivity index (χ2n) is 5.06. The summed E-state index contributed by atoms with van der Waals surface area (Å²) in [5.74, 6) is -0.132. The molecule has 1 N–H and O–H groups in total. The van der Waals surface area contributed by atoms with Crippen LogP contribution in [0.1, 0.15) is 31.4 Å². The number of halogens is 3. The molecule has 0 atom stereocenters. The highest BCUT2D eigenvalue weighted by Crippen LogP contribution is 2.36. The predicted molar refractivity (Wildman–Crippen MR) is 75.4 cm³/mol. The quantitative estimate of drug-likeness (QED) is 0.744. The summed E-state index contributed by atoms with van der Waals surface area (Å²) in [6, 6.07) is 4.38. The van der Waals surface area contributed by atoms with Crippen molar-refractivity contribution >= 4 is 0 Å². The molecule has 6 heteroatoms. The van der Waals surface area contributed by atoms with Crippen LogP contribution in [0.15, 0.2) is 18.2 Å². The summed E-state index contributed by atoms with van der Waals surface area (Å²) in [5.41, 5.74) is -0.150. The molecule has 3 nitrogen and oxygen atoms in total. The second-order valence-corrected chi connectivity index (χ2v) is 5.06. The lowest BCUT2D eigenvalue weighted by atomic mass is 10.1. The summed E-state index contributed by atoms with van der Waals surface area (Å²) < 4.78 is 49.3. The molecule has 0 amide bonds. The van der Waals surface area contributed by atoms with Gasteiger partial charge in [0.1, 0.15) is 5.75 Å². The van der Waals surface area contributed by atoms with Gasteiger partial charge < -0.3 is 14.8 Å². The monoisotopic (exact) mass is 305 g/mol. The maximum absolute atomic E-state index is 13.1. The molecule has 0 bridgehead atoms. The third-order valence-electron chi connectivity index (χ3n) is 2.81. The van der Waals surface area contributed by atoms with E-state index in [2.05, 4.69) is 5.32 Å². The molecule has 0 radical (unpaired) electrons. The fourth-order valence-electron chi connectivity index (χ4n) is 1.74. The van der Waals surface area contributed by atoms with E-state index in [9.17, 15) is 13.2 Å². The van der Waals surface area contributed by atoms with E-state index in [1.54, 1.807) is 6.07 Å². The Labute approximate surface area is 123 Å². The Morgan fingerprint density at radius 1 is 1.19 bits per heavy atom. The molecular formula is C15H22F3NO2. The molecule has 0 fully saturated rings. The molecule has 0 aliphatic rings. The maximum atomic E-state index is 13.1. The lowest BCUT2D eigenvalue weighted by Gasteiger charge is -2.16. The zero-order valence-electron chi connectivity index (χ0n) is 12.6. The van der Waals surface area contributed by atoms with Crippen LogP contribution >= 0.6 is 0 Å². The molecule has 1 aromatic carbocycles. The van der Waals surface area contributed by atoms with Crippen molar-refractivity contribution < 1.29 is 22.6 Å². The Morgan fingerprint density at radius 2 is 1.90 bits per heavy atom. The van der Waals surface area contributed by atoms with Gasteiger partial charge in [-0.05, 0) is 17.7 Å². The van der Waals surface area contributed by atoms with Crippen LogP contribution in [-0.4, -0.2) is 26.4 Å². The molecule has 0 saturated heterocycles. The Balaban J connectivity index is 2.82. The smallest absolute Gasteiger partial charge is 0.419 e. The molecule has 1 aromatic rings. The Bertz CT molecular complexity index is 433. The number of nitrogens with one attached hydrogen (secondary N) is 1. The number of benzene rings is 1. The molecule has 0 spiro atoms. The fourth-order valence-corrected chi connectivity index (χ4v) is 1.74. The van der Waals surface area contributed by atoms with E-state index in [1.807, 2.05) is 13.8 Å². The van der Waals surface area contributed by atoms with Gasteiger partial charge >= 0.3 is 6.18 Å². The first kappa shape index (κ1) is 17.8. The molecule has 0 aromatic heterocycles. The van der Waals surface area contributed by atoms with E-state index in [0.29, 0.717) is 25.1 Å². The van der Waals surface area contributed by atoms with Crippen molar-refractivity contribution in [1.82, 2.24) is 5.32 Å². The number of hydrogen-bond donors (Lipinski definition) is 1. The van der Waals surface area contributed by atoms with E-state index in [-0.39, 0.29) is 18.4 Å². The van der Waals surface area contributed by atoms with E-state index in [1.165, 1.54) is 13.2 Å². The average molecular weight is 305 g/mol. The summed E-state index contributed by atoms with van der Waals surface area (Å²) in [4.78, 5) is 0. The standard InChI is InChI=1S/C15H22F3NO2/c1-11(2)19-10-12-5-6-14(21-8-4-7-20-3)13(9-12)15(16,17)18/h5-6,9,11,19H,4,7-8,10H2,1-3H3. The summed E-state index contributed by atoms with van der Waals surface area (Å²) >= 11 is 0. The lowest BCUT2D eigenvalue weighted by Crippen LogP contribution is -2.22. The fraction of sp³-hybridized carbons (Fsp3) is 0.600. The van der Waals surface area contributed by atoms with E-state index in [0.717, 1.165) is 6.07 Å². The van der Waals surface area contributed by atoms with Crippen molar-refractivity contribution in [2.45, 2.75) is 39.0 Å². The van der Waals surface area contributed by atoms with Gasteiger partial charge in [-0.1, -0.05) is 19.9 Å². The third kappa shape index (κ3) is 6.35. The topological polar surface area (TPSA) is 30.5 Å². The Hall–Kier alpha value is -1.27. The Kier molecular flexibility index (Phi) is 6.98. The van der Waals surface area contributed by atoms with Gasteiger partial charge in [0, 0.05) is 32.7 Å². The van der Waals surface area contributed by atoms with Crippen LogP contribution < -0.4 is 10.1 Å². The first-order valence-corrected chi connectivity index (χ1v) is 6.90. The van der Waals surface area contributed by atoms with Crippen molar-refractivity contribution in [1.29, 1.82) is 0 Å². The van der Waals surface area contributed by atoms with Gasteiger partial charge in [0.05, 0.1) is 12.2 Å². The molecule has 120 valence electrons. The number of rotatable bonds is 8. The normalized spacial score (nSPS) is 12.0. The maximum Gasteiger partial charge on any atom is 0.419 e. The zero-order valence-corrected chi connectivity index (χ0v) is 12.6.